The number of anilines is 2. The Balaban J connectivity index is 1.23. The van der Waals surface area contributed by atoms with E-state index in [1.54, 1.807) is 17.0 Å². The van der Waals surface area contributed by atoms with E-state index < -0.39 is 12.3 Å². The molecule has 5 rings (SSSR count). The van der Waals surface area contributed by atoms with Gasteiger partial charge in [0.2, 0.25) is 12.3 Å². The van der Waals surface area contributed by atoms with Gasteiger partial charge in [-0.15, -0.1) is 10.2 Å². The van der Waals surface area contributed by atoms with Gasteiger partial charge in [-0.2, -0.15) is 8.78 Å². The number of amides is 1. The number of hydrogen-bond acceptors (Lipinski definition) is 7. The summed E-state index contributed by atoms with van der Waals surface area (Å²) < 4.78 is 35.8. The molecule has 8 nitrogen and oxygen atoms in total. The van der Waals surface area contributed by atoms with Gasteiger partial charge >= 0.3 is 6.43 Å². The summed E-state index contributed by atoms with van der Waals surface area (Å²) in [6.07, 6.45) is -1.99. The van der Waals surface area contributed by atoms with Gasteiger partial charge in [0, 0.05) is 44.2 Å². The van der Waals surface area contributed by atoms with Crippen LogP contribution in [-0.2, 0) is 16.1 Å². The molecule has 0 saturated carbocycles. The Hall–Kier alpha value is -3.37. The smallest absolute Gasteiger partial charge is 0.314 e. The highest BCUT2D eigenvalue weighted by Crippen LogP contribution is 2.37. The van der Waals surface area contributed by atoms with Crippen LogP contribution in [0.1, 0.15) is 17.9 Å². The van der Waals surface area contributed by atoms with Crippen molar-refractivity contribution in [1.29, 1.82) is 0 Å². The quantitative estimate of drug-likeness (QED) is 0.408. The lowest BCUT2D eigenvalue weighted by molar-refractivity contribution is -0.187. The molecule has 0 unspecified atom stereocenters. The first-order valence-corrected chi connectivity index (χ1v) is 11.5. The van der Waals surface area contributed by atoms with Gasteiger partial charge in [-0.1, -0.05) is 24.3 Å². The van der Waals surface area contributed by atoms with Crippen molar-refractivity contribution in [2.45, 2.75) is 13.0 Å². The molecular formula is C25H27F2N5O3. The van der Waals surface area contributed by atoms with E-state index in [1.807, 2.05) is 43.4 Å². The lowest BCUT2D eigenvalue weighted by Crippen LogP contribution is -2.66. The maximum absolute atomic E-state index is 12.7. The predicted molar refractivity (Wildman–Crippen MR) is 126 cm³/mol. The topological polar surface area (TPSA) is 74.9 Å². The number of para-hydroxylation sites is 2. The van der Waals surface area contributed by atoms with Crippen molar-refractivity contribution in [2.75, 3.05) is 56.2 Å². The van der Waals surface area contributed by atoms with Crippen molar-refractivity contribution in [2.24, 2.45) is 5.41 Å². The number of alkyl halides is 2. The number of ether oxygens (including phenoxy) is 1. The van der Waals surface area contributed by atoms with Gasteiger partial charge in [0.05, 0.1) is 31.1 Å². The summed E-state index contributed by atoms with van der Waals surface area (Å²) in [5.74, 6) is -0.674. The lowest BCUT2D eigenvalue weighted by Gasteiger charge is -2.55. The van der Waals surface area contributed by atoms with Crippen LogP contribution < -0.4 is 9.80 Å². The number of nitrogens with zero attached hydrogens (tertiary/aromatic N) is 5. The fraction of sp³-hybridized carbons (Fsp3) is 0.400. The van der Waals surface area contributed by atoms with Crippen molar-refractivity contribution in [1.82, 2.24) is 15.1 Å². The molecule has 10 heteroatoms. The zero-order chi connectivity index (χ0) is 24.4. The molecule has 2 aromatic carbocycles. The second-order valence-electron chi connectivity index (χ2n) is 9.29. The lowest BCUT2D eigenvalue weighted by atomic mass is 9.78. The second kappa shape index (κ2) is 9.71. The Morgan fingerprint density at radius 1 is 1.09 bits per heavy atom. The van der Waals surface area contributed by atoms with Crippen LogP contribution >= 0.6 is 0 Å². The number of halogens is 2. The first-order valence-electron chi connectivity index (χ1n) is 11.5. The van der Waals surface area contributed by atoms with E-state index in [1.165, 1.54) is 0 Å². The number of aromatic nitrogens is 2. The highest BCUT2D eigenvalue weighted by atomic mass is 19.3. The first kappa shape index (κ1) is 23.4. The number of likely N-dealkylation sites (tertiary alicyclic amines) is 1. The Kier molecular flexibility index (Phi) is 6.48. The molecule has 3 aromatic rings. The summed E-state index contributed by atoms with van der Waals surface area (Å²) in [5, 5.41) is 7.03. The number of benzene rings is 2. The summed E-state index contributed by atoms with van der Waals surface area (Å²) >= 11 is 0. The fourth-order valence-electron chi connectivity index (χ4n) is 4.64. The molecule has 35 heavy (non-hydrogen) atoms. The molecule has 2 fully saturated rings. The molecule has 0 bridgehead atoms. The minimum Gasteiger partial charge on any atom is -0.415 e. The van der Waals surface area contributed by atoms with E-state index in [9.17, 15) is 13.6 Å². The maximum Gasteiger partial charge on any atom is 0.314 e. The van der Waals surface area contributed by atoms with E-state index in [-0.39, 0.29) is 5.89 Å². The monoisotopic (exact) mass is 483 g/mol. The number of rotatable bonds is 10. The van der Waals surface area contributed by atoms with E-state index >= 15 is 0 Å². The predicted octanol–water partition coefficient (Wildman–Crippen LogP) is 3.61. The summed E-state index contributed by atoms with van der Waals surface area (Å²) in [6.45, 7) is 6.10. The third kappa shape index (κ3) is 4.89. The van der Waals surface area contributed by atoms with Crippen LogP contribution in [-0.4, -0.2) is 67.9 Å². The van der Waals surface area contributed by atoms with Gasteiger partial charge < -0.3 is 23.9 Å². The van der Waals surface area contributed by atoms with Crippen LogP contribution in [0.3, 0.4) is 0 Å². The van der Waals surface area contributed by atoms with E-state index in [4.69, 9.17) is 9.15 Å². The van der Waals surface area contributed by atoms with Crippen molar-refractivity contribution in [3.63, 3.8) is 0 Å². The molecule has 3 heterocycles. The summed E-state index contributed by atoms with van der Waals surface area (Å²) in [7, 11) is 2.04. The van der Waals surface area contributed by atoms with Crippen LogP contribution in [0.25, 0.3) is 11.5 Å². The Morgan fingerprint density at radius 2 is 1.80 bits per heavy atom. The van der Waals surface area contributed by atoms with Gasteiger partial charge in [0.25, 0.3) is 5.89 Å². The zero-order valence-corrected chi connectivity index (χ0v) is 19.4. The zero-order valence-electron chi connectivity index (χ0n) is 19.4. The molecule has 0 aliphatic carbocycles. The summed E-state index contributed by atoms with van der Waals surface area (Å²) in [5.41, 5.74) is 3.60. The molecule has 0 radical (unpaired) electrons. The molecule has 0 atom stereocenters. The van der Waals surface area contributed by atoms with Crippen LogP contribution in [0.15, 0.2) is 52.9 Å². The highest BCUT2D eigenvalue weighted by Gasteiger charge is 2.48. The molecule has 1 amide bonds. The number of carbonyl (C=O) groups excluding carboxylic acids is 1. The SMILES string of the molecule is CN(CCN1CC2(COC2)C1)c1ccccc1N(C=O)Cc1ccc(-c2nnc(C(F)F)o2)cc1. The summed E-state index contributed by atoms with van der Waals surface area (Å²) in [6, 6.07) is 14.9. The molecule has 2 aliphatic rings. The number of likely N-dealkylation sites (N-methyl/N-ethyl adjacent to an activating group) is 1. The maximum atomic E-state index is 12.7. The normalized spacial score (nSPS) is 16.7. The highest BCUT2D eigenvalue weighted by molar-refractivity contribution is 5.84. The molecule has 0 N–H and O–H groups in total. The fourth-order valence-corrected chi connectivity index (χ4v) is 4.64. The first-order chi connectivity index (χ1) is 17.0. The van der Waals surface area contributed by atoms with Crippen molar-refractivity contribution in [3.8, 4) is 11.5 Å². The third-order valence-electron chi connectivity index (χ3n) is 6.60. The Labute approximate surface area is 202 Å². The molecule has 2 aliphatic heterocycles. The summed E-state index contributed by atoms with van der Waals surface area (Å²) in [4.78, 5) is 18.3. The molecule has 1 spiro atoms. The average Bonchev–Trinajstić information content (AvgIpc) is 3.32. The standard InChI is InChI=1S/C25H27F2N5O3/c1-30(10-11-31-13-25(14-31)15-34-16-25)20-4-2-3-5-21(20)32(17-33)12-18-6-8-19(9-7-18)23-28-29-24(35-23)22(26)27/h2-9,17,22H,10-16H2,1H3. The number of hydrogen-bond donors (Lipinski definition) is 0. The second-order valence-corrected chi connectivity index (χ2v) is 9.29. The molecule has 2 saturated heterocycles. The van der Waals surface area contributed by atoms with Crippen molar-refractivity contribution in [3.05, 3.63) is 60.0 Å². The van der Waals surface area contributed by atoms with Crippen LogP contribution in [0.4, 0.5) is 20.2 Å². The van der Waals surface area contributed by atoms with E-state index in [0.29, 0.717) is 17.5 Å². The Bertz CT molecular complexity index is 1160. The van der Waals surface area contributed by atoms with Gasteiger partial charge in [0.1, 0.15) is 0 Å². The largest absolute Gasteiger partial charge is 0.415 e. The molecular weight excluding hydrogens is 456 g/mol. The van der Waals surface area contributed by atoms with Crippen LogP contribution in [0, 0.1) is 5.41 Å². The Morgan fingerprint density at radius 3 is 2.40 bits per heavy atom. The van der Waals surface area contributed by atoms with Gasteiger partial charge in [0.15, 0.2) is 0 Å². The van der Waals surface area contributed by atoms with Crippen LogP contribution in [0.5, 0.6) is 0 Å². The van der Waals surface area contributed by atoms with Crippen LogP contribution in [0.2, 0.25) is 0 Å². The number of carbonyl (C=O) groups is 1. The third-order valence-corrected chi connectivity index (χ3v) is 6.60. The van der Waals surface area contributed by atoms with Gasteiger partial charge in [-0.3, -0.25) is 4.79 Å². The molecule has 184 valence electrons. The minimum atomic E-state index is -2.81. The molecule has 1 aromatic heterocycles. The van der Waals surface area contributed by atoms with Gasteiger partial charge in [-0.05, 0) is 29.8 Å². The van der Waals surface area contributed by atoms with E-state index in [2.05, 4.69) is 20.0 Å². The van der Waals surface area contributed by atoms with Gasteiger partial charge in [-0.25, -0.2) is 0 Å². The average molecular weight is 484 g/mol. The van der Waals surface area contributed by atoms with Crippen molar-refractivity contribution >= 4 is 17.8 Å². The minimum absolute atomic E-state index is 0.0315. The van der Waals surface area contributed by atoms with E-state index in [0.717, 1.165) is 62.7 Å². The van der Waals surface area contributed by atoms with Crippen molar-refractivity contribution < 1.29 is 22.7 Å².